The number of sulfonamides is 1. The molecular formula is C25H28N6O6S. The second-order valence-electron chi connectivity index (χ2n) is 8.96. The van der Waals surface area contributed by atoms with E-state index in [1.54, 1.807) is 6.07 Å². The van der Waals surface area contributed by atoms with Gasteiger partial charge < -0.3 is 25.3 Å². The molecule has 200 valence electrons. The van der Waals surface area contributed by atoms with E-state index < -0.39 is 21.9 Å². The van der Waals surface area contributed by atoms with Gasteiger partial charge in [-0.15, -0.1) is 0 Å². The van der Waals surface area contributed by atoms with Crippen LogP contribution in [0.3, 0.4) is 0 Å². The molecule has 0 unspecified atom stereocenters. The molecule has 0 amide bonds. The number of aromatic nitrogens is 3. The lowest BCUT2D eigenvalue weighted by Crippen LogP contribution is -2.40. The number of piperidine rings is 1. The zero-order chi connectivity index (χ0) is 26.7. The van der Waals surface area contributed by atoms with Crippen molar-refractivity contribution in [3.05, 3.63) is 53.9 Å². The monoisotopic (exact) mass is 540 g/mol. The highest BCUT2D eigenvalue weighted by atomic mass is 32.2. The Morgan fingerprint density at radius 1 is 1.08 bits per heavy atom. The highest BCUT2D eigenvalue weighted by molar-refractivity contribution is 7.89. The molecule has 38 heavy (non-hydrogen) atoms. The van der Waals surface area contributed by atoms with Crippen LogP contribution in [0.2, 0.25) is 0 Å². The number of esters is 1. The zero-order valence-electron chi connectivity index (χ0n) is 20.8. The van der Waals surface area contributed by atoms with Crippen molar-refractivity contribution in [1.29, 1.82) is 0 Å². The van der Waals surface area contributed by atoms with Gasteiger partial charge in [-0.2, -0.15) is 19.3 Å². The third-order valence-electron chi connectivity index (χ3n) is 6.37. The molecule has 5 rings (SSSR count). The van der Waals surface area contributed by atoms with Crippen LogP contribution in [0.1, 0.15) is 24.2 Å². The fourth-order valence-electron chi connectivity index (χ4n) is 4.31. The Morgan fingerprint density at radius 3 is 2.58 bits per heavy atom. The van der Waals surface area contributed by atoms with Gasteiger partial charge in [0.15, 0.2) is 23.9 Å². The summed E-state index contributed by atoms with van der Waals surface area (Å²) < 4.78 is 44.1. The fourth-order valence-corrected chi connectivity index (χ4v) is 5.80. The Hall–Kier alpha value is -3.97. The van der Waals surface area contributed by atoms with Crippen molar-refractivity contribution >= 4 is 33.6 Å². The summed E-state index contributed by atoms with van der Waals surface area (Å²) >= 11 is 0. The second kappa shape index (κ2) is 10.8. The van der Waals surface area contributed by atoms with Crippen LogP contribution in [0, 0.1) is 12.8 Å². The molecule has 1 aromatic heterocycles. The van der Waals surface area contributed by atoms with Crippen molar-refractivity contribution in [3.8, 4) is 11.5 Å². The van der Waals surface area contributed by atoms with Crippen molar-refractivity contribution in [1.82, 2.24) is 19.3 Å². The number of nitrogen functional groups attached to an aromatic ring is 1. The van der Waals surface area contributed by atoms with E-state index in [4.69, 9.17) is 19.9 Å². The topological polar surface area (TPSA) is 159 Å². The average Bonchev–Trinajstić information content (AvgIpc) is 2.92. The first-order valence-corrected chi connectivity index (χ1v) is 13.6. The molecular weight excluding hydrogens is 512 g/mol. The molecule has 2 aliphatic heterocycles. The lowest BCUT2D eigenvalue weighted by molar-refractivity contribution is -0.151. The minimum Gasteiger partial charge on any atom is -0.486 e. The van der Waals surface area contributed by atoms with Crippen LogP contribution in [0.4, 0.5) is 17.6 Å². The molecule has 0 spiro atoms. The van der Waals surface area contributed by atoms with Gasteiger partial charge in [0.25, 0.3) is 0 Å². The molecule has 0 radical (unpaired) electrons. The minimum atomic E-state index is -3.74. The summed E-state index contributed by atoms with van der Waals surface area (Å²) in [7, 11) is -3.74. The van der Waals surface area contributed by atoms with Gasteiger partial charge in [0, 0.05) is 24.8 Å². The van der Waals surface area contributed by atoms with Crippen molar-refractivity contribution < 1.29 is 27.4 Å². The number of ether oxygens (including phenoxy) is 3. The molecule has 12 nitrogen and oxygen atoms in total. The number of nitrogens with zero attached hydrogens (tertiary/aromatic N) is 4. The number of aryl methyl sites for hydroxylation is 1. The van der Waals surface area contributed by atoms with E-state index in [1.165, 1.54) is 16.4 Å². The first-order valence-electron chi connectivity index (χ1n) is 12.2. The number of nitrogens with two attached hydrogens (primary N) is 1. The normalized spacial score (nSPS) is 16.1. The summed E-state index contributed by atoms with van der Waals surface area (Å²) in [6.07, 6.45) is 0.671. The summed E-state index contributed by atoms with van der Waals surface area (Å²) in [6.45, 7) is 2.95. The SMILES string of the molecule is Cc1ccccc1Nc1nc(N)nc(COC(=O)C2CCN(S(=O)(=O)c3ccc4c(c3)OCCO4)CC2)n1. The number of anilines is 3. The Morgan fingerprint density at radius 2 is 1.82 bits per heavy atom. The van der Waals surface area contributed by atoms with Gasteiger partial charge in [-0.25, -0.2) is 8.42 Å². The Balaban J connectivity index is 1.16. The Bertz CT molecular complexity index is 1440. The van der Waals surface area contributed by atoms with Gasteiger partial charge in [-0.1, -0.05) is 18.2 Å². The molecule has 0 atom stereocenters. The van der Waals surface area contributed by atoms with Gasteiger partial charge in [0.1, 0.15) is 13.2 Å². The number of para-hydroxylation sites is 1. The predicted octanol–water partition coefficient (Wildman–Crippen LogP) is 2.42. The third kappa shape index (κ3) is 5.63. The van der Waals surface area contributed by atoms with E-state index in [0.29, 0.717) is 37.6 Å². The molecule has 0 saturated carbocycles. The molecule has 3 aromatic rings. The van der Waals surface area contributed by atoms with Crippen LogP contribution in [-0.4, -0.2) is 59.9 Å². The Labute approximate surface area is 220 Å². The number of hydrogen-bond acceptors (Lipinski definition) is 11. The van der Waals surface area contributed by atoms with Gasteiger partial charge in [0.05, 0.1) is 10.8 Å². The van der Waals surface area contributed by atoms with Crippen molar-refractivity contribution in [2.45, 2.75) is 31.3 Å². The van der Waals surface area contributed by atoms with E-state index in [-0.39, 0.29) is 42.3 Å². The largest absolute Gasteiger partial charge is 0.486 e. The van der Waals surface area contributed by atoms with Crippen molar-refractivity contribution in [2.75, 3.05) is 37.4 Å². The molecule has 1 fully saturated rings. The third-order valence-corrected chi connectivity index (χ3v) is 8.27. The quantitative estimate of drug-likeness (QED) is 0.424. The molecule has 0 aliphatic carbocycles. The van der Waals surface area contributed by atoms with Crippen molar-refractivity contribution in [3.63, 3.8) is 0 Å². The first kappa shape index (κ1) is 25.7. The fraction of sp³-hybridized carbons (Fsp3) is 0.360. The maximum atomic E-state index is 13.1. The number of carbonyl (C=O) groups excluding carboxylic acids is 1. The lowest BCUT2D eigenvalue weighted by Gasteiger charge is -2.30. The van der Waals surface area contributed by atoms with E-state index in [2.05, 4.69) is 20.3 Å². The number of hydrogen-bond donors (Lipinski definition) is 2. The standard InChI is InChI=1S/C25H28N6O6S/c1-16-4-2-3-5-19(16)27-25-29-22(28-24(26)30-25)15-37-23(32)17-8-10-31(11-9-17)38(33,34)18-6-7-20-21(14-18)36-13-12-35-20/h2-7,14,17H,8-13,15H2,1H3,(H3,26,27,28,29,30). The second-order valence-corrected chi connectivity index (χ2v) is 10.9. The summed E-state index contributed by atoms with van der Waals surface area (Å²) in [5.74, 6) is 0.511. The Kier molecular flexibility index (Phi) is 7.29. The number of benzene rings is 2. The van der Waals surface area contributed by atoms with Crippen LogP contribution in [0.25, 0.3) is 0 Å². The van der Waals surface area contributed by atoms with E-state index in [9.17, 15) is 13.2 Å². The van der Waals surface area contributed by atoms with Gasteiger partial charge in [-0.3, -0.25) is 4.79 Å². The van der Waals surface area contributed by atoms with Crippen LogP contribution in [0.5, 0.6) is 11.5 Å². The molecule has 3 heterocycles. The van der Waals surface area contributed by atoms with E-state index >= 15 is 0 Å². The summed E-state index contributed by atoms with van der Waals surface area (Å²) in [5.41, 5.74) is 7.64. The number of fused-ring (bicyclic) bond motifs is 1. The van der Waals surface area contributed by atoms with Gasteiger partial charge in [0.2, 0.25) is 21.9 Å². The smallest absolute Gasteiger partial charge is 0.309 e. The van der Waals surface area contributed by atoms with Crippen LogP contribution >= 0.6 is 0 Å². The van der Waals surface area contributed by atoms with Crippen molar-refractivity contribution in [2.24, 2.45) is 5.92 Å². The highest BCUT2D eigenvalue weighted by Gasteiger charge is 2.33. The minimum absolute atomic E-state index is 0.000196. The average molecular weight is 541 g/mol. The van der Waals surface area contributed by atoms with E-state index in [1.807, 2.05) is 31.2 Å². The van der Waals surface area contributed by atoms with E-state index in [0.717, 1.165) is 11.3 Å². The molecule has 2 aliphatic rings. The number of carbonyl (C=O) groups is 1. The van der Waals surface area contributed by atoms with Crippen LogP contribution < -0.4 is 20.5 Å². The summed E-state index contributed by atoms with van der Waals surface area (Å²) in [6, 6.07) is 12.2. The highest BCUT2D eigenvalue weighted by Crippen LogP contribution is 2.34. The predicted molar refractivity (Wildman–Crippen MR) is 137 cm³/mol. The number of nitrogens with one attached hydrogen (secondary N) is 1. The van der Waals surface area contributed by atoms with Crippen LogP contribution in [0.15, 0.2) is 47.4 Å². The molecule has 3 N–H and O–H groups in total. The zero-order valence-corrected chi connectivity index (χ0v) is 21.6. The maximum Gasteiger partial charge on any atom is 0.309 e. The first-order chi connectivity index (χ1) is 18.3. The molecule has 0 bridgehead atoms. The lowest BCUT2D eigenvalue weighted by atomic mass is 9.98. The van der Waals surface area contributed by atoms with Gasteiger partial charge >= 0.3 is 5.97 Å². The molecule has 13 heteroatoms. The number of rotatable bonds is 7. The molecule has 1 saturated heterocycles. The molecule has 2 aromatic carbocycles. The summed E-state index contributed by atoms with van der Waals surface area (Å²) in [4.78, 5) is 25.3. The summed E-state index contributed by atoms with van der Waals surface area (Å²) in [5, 5.41) is 3.09. The van der Waals surface area contributed by atoms with Crippen LogP contribution in [-0.2, 0) is 26.2 Å². The maximum absolute atomic E-state index is 13.1. The van der Waals surface area contributed by atoms with Gasteiger partial charge in [-0.05, 0) is 43.5 Å².